The summed E-state index contributed by atoms with van der Waals surface area (Å²) in [5.41, 5.74) is 0.977. The zero-order valence-corrected chi connectivity index (χ0v) is 12.7. The molecule has 2 fully saturated rings. The largest absolute Gasteiger partial charge is 0.496 e. The average molecular weight is 312 g/mol. The first-order chi connectivity index (χ1) is 9.50. The van der Waals surface area contributed by atoms with E-state index in [2.05, 4.69) is 0 Å². The van der Waals surface area contributed by atoms with E-state index in [-0.39, 0.29) is 22.8 Å². The molecule has 2 aliphatic heterocycles. The molecular weight excluding hydrogens is 296 g/mol. The molecule has 2 heterocycles. The summed E-state index contributed by atoms with van der Waals surface area (Å²) in [7, 11) is -1.34. The number of thioether (sulfide) groups is 1. The summed E-state index contributed by atoms with van der Waals surface area (Å²) in [4.78, 5) is 1.89. The molecule has 108 valence electrons. The van der Waals surface area contributed by atoms with E-state index in [4.69, 9.17) is 10.1 Å². The van der Waals surface area contributed by atoms with Crippen molar-refractivity contribution in [2.24, 2.45) is 0 Å². The molecule has 20 heavy (non-hydrogen) atoms. The summed E-state index contributed by atoms with van der Waals surface area (Å²) in [6, 6.07) is 7.57. The van der Waals surface area contributed by atoms with Gasteiger partial charge in [0, 0.05) is 17.4 Å². The van der Waals surface area contributed by atoms with Gasteiger partial charge in [0.05, 0.1) is 24.7 Å². The number of sulfone groups is 1. The predicted octanol–water partition coefficient (Wildman–Crippen LogP) is 1.34. The Morgan fingerprint density at radius 3 is 2.90 bits per heavy atom. The maximum atomic E-state index is 11.7. The van der Waals surface area contributed by atoms with Crippen LogP contribution >= 0.6 is 11.8 Å². The Kier molecular flexibility index (Phi) is 3.41. The fourth-order valence-corrected chi connectivity index (χ4v) is 6.60. The lowest BCUT2D eigenvalue weighted by Crippen LogP contribution is -2.36. The number of nitrogens with one attached hydrogen (secondary N) is 1. The number of rotatable bonds is 3. The Labute approximate surface area is 122 Å². The molecule has 2 unspecified atom stereocenters. The number of benzene rings is 1. The van der Waals surface area contributed by atoms with Crippen LogP contribution < -0.4 is 4.74 Å². The topological polar surface area (TPSA) is 70.5 Å². The van der Waals surface area contributed by atoms with Crippen molar-refractivity contribution in [1.29, 1.82) is 5.41 Å². The van der Waals surface area contributed by atoms with Gasteiger partial charge in [-0.25, -0.2) is 8.42 Å². The van der Waals surface area contributed by atoms with Crippen molar-refractivity contribution >= 4 is 26.8 Å². The van der Waals surface area contributed by atoms with Gasteiger partial charge in [0.1, 0.15) is 5.75 Å². The Morgan fingerprint density at radius 1 is 1.40 bits per heavy atom. The van der Waals surface area contributed by atoms with Crippen LogP contribution in [0.25, 0.3) is 0 Å². The van der Waals surface area contributed by atoms with E-state index in [1.807, 2.05) is 29.2 Å². The lowest BCUT2D eigenvalue weighted by molar-refractivity contribution is 0.337. The van der Waals surface area contributed by atoms with Crippen molar-refractivity contribution in [2.75, 3.05) is 18.6 Å². The highest BCUT2D eigenvalue weighted by atomic mass is 32.2. The van der Waals surface area contributed by atoms with E-state index in [0.717, 1.165) is 11.3 Å². The summed E-state index contributed by atoms with van der Waals surface area (Å²) in [6.07, 6.45) is 0. The van der Waals surface area contributed by atoms with E-state index in [9.17, 15) is 8.42 Å². The summed E-state index contributed by atoms with van der Waals surface area (Å²) < 4.78 is 28.8. The minimum Gasteiger partial charge on any atom is -0.496 e. The van der Waals surface area contributed by atoms with Gasteiger partial charge in [-0.05, 0) is 6.07 Å². The molecule has 3 rings (SSSR count). The lowest BCUT2D eigenvalue weighted by atomic mass is 10.1. The van der Waals surface area contributed by atoms with Gasteiger partial charge in [0.2, 0.25) is 0 Å². The average Bonchev–Trinajstić information content (AvgIpc) is 2.83. The maximum Gasteiger partial charge on any atom is 0.157 e. The molecule has 0 saturated carbocycles. The number of hydrogen-bond donors (Lipinski definition) is 1. The smallest absolute Gasteiger partial charge is 0.157 e. The van der Waals surface area contributed by atoms with E-state index >= 15 is 0 Å². The Balaban J connectivity index is 1.85. The first-order valence-electron chi connectivity index (χ1n) is 6.34. The van der Waals surface area contributed by atoms with Crippen LogP contribution in [0.3, 0.4) is 0 Å². The highest BCUT2D eigenvalue weighted by molar-refractivity contribution is 8.15. The molecule has 0 amide bonds. The van der Waals surface area contributed by atoms with E-state index in [0.29, 0.717) is 11.7 Å². The molecule has 0 spiro atoms. The molecule has 1 aromatic rings. The van der Waals surface area contributed by atoms with Crippen molar-refractivity contribution in [3.8, 4) is 5.75 Å². The number of hydrogen-bond acceptors (Lipinski definition) is 5. The van der Waals surface area contributed by atoms with Crippen molar-refractivity contribution in [1.82, 2.24) is 4.90 Å². The Morgan fingerprint density at radius 2 is 2.15 bits per heavy atom. The molecule has 2 atom stereocenters. The van der Waals surface area contributed by atoms with Gasteiger partial charge in [-0.2, -0.15) is 0 Å². The van der Waals surface area contributed by atoms with Crippen molar-refractivity contribution in [2.45, 2.75) is 17.8 Å². The van der Waals surface area contributed by atoms with Gasteiger partial charge < -0.3 is 9.64 Å². The molecule has 1 aromatic carbocycles. The zero-order chi connectivity index (χ0) is 14.3. The molecular formula is C13H16N2O3S2. The molecule has 0 radical (unpaired) electrons. The number of para-hydroxylation sites is 1. The van der Waals surface area contributed by atoms with E-state index in [1.54, 1.807) is 7.11 Å². The van der Waals surface area contributed by atoms with Gasteiger partial charge in [-0.1, -0.05) is 30.0 Å². The van der Waals surface area contributed by atoms with Crippen LogP contribution in [0.1, 0.15) is 5.56 Å². The van der Waals surface area contributed by atoms with Gasteiger partial charge in [0.25, 0.3) is 0 Å². The molecule has 5 nitrogen and oxygen atoms in total. The van der Waals surface area contributed by atoms with Crippen LogP contribution in [-0.4, -0.2) is 48.4 Å². The number of amidine groups is 1. The minimum atomic E-state index is -2.96. The number of methoxy groups -OCH3 is 1. The second-order valence-corrected chi connectivity index (χ2v) is 8.43. The first-order valence-corrected chi connectivity index (χ1v) is 9.04. The van der Waals surface area contributed by atoms with E-state index < -0.39 is 9.84 Å². The number of ether oxygens (including phenoxy) is 1. The Bertz CT molecular complexity index is 645. The Hall–Kier alpha value is -1.21. The van der Waals surface area contributed by atoms with Gasteiger partial charge >= 0.3 is 0 Å². The minimum absolute atomic E-state index is 0.00204. The van der Waals surface area contributed by atoms with Gasteiger partial charge in [-0.15, -0.1) is 0 Å². The SMILES string of the molecule is COc1ccccc1CN1C(=N)SC2CS(=O)(=O)CC21. The predicted molar refractivity (Wildman–Crippen MR) is 80.1 cm³/mol. The van der Waals surface area contributed by atoms with E-state index in [1.165, 1.54) is 11.8 Å². The molecule has 0 aromatic heterocycles. The maximum absolute atomic E-state index is 11.7. The van der Waals surface area contributed by atoms with Crippen molar-refractivity contribution in [3.63, 3.8) is 0 Å². The second-order valence-electron chi connectivity index (χ2n) is 5.05. The third-order valence-electron chi connectivity index (χ3n) is 3.73. The zero-order valence-electron chi connectivity index (χ0n) is 11.1. The summed E-state index contributed by atoms with van der Waals surface area (Å²) in [6.45, 7) is 0.520. The van der Waals surface area contributed by atoms with Crippen LogP contribution in [0.15, 0.2) is 24.3 Å². The number of fused-ring (bicyclic) bond motifs is 1. The third kappa shape index (κ3) is 2.40. The van der Waals surface area contributed by atoms with Crippen LogP contribution in [0.2, 0.25) is 0 Å². The van der Waals surface area contributed by atoms with Crippen molar-refractivity contribution < 1.29 is 13.2 Å². The van der Waals surface area contributed by atoms with Crippen LogP contribution in [-0.2, 0) is 16.4 Å². The standard InChI is InChI=1S/C13H16N2O3S2/c1-18-11-5-3-2-4-9(11)6-15-10-7-20(16,17)8-12(10)19-13(15)14/h2-5,10,12,14H,6-8H2,1H3. The summed E-state index contributed by atoms with van der Waals surface area (Å²) in [5, 5.41) is 8.52. The molecule has 2 saturated heterocycles. The number of nitrogens with zero attached hydrogens (tertiary/aromatic N) is 1. The fourth-order valence-electron chi connectivity index (χ4n) is 2.77. The van der Waals surface area contributed by atoms with Crippen LogP contribution in [0, 0.1) is 5.41 Å². The molecule has 0 bridgehead atoms. The molecule has 0 aliphatic carbocycles. The molecule has 1 N–H and O–H groups in total. The monoisotopic (exact) mass is 312 g/mol. The van der Waals surface area contributed by atoms with Crippen LogP contribution in [0.5, 0.6) is 5.75 Å². The summed E-state index contributed by atoms with van der Waals surface area (Å²) >= 11 is 1.37. The van der Waals surface area contributed by atoms with Crippen molar-refractivity contribution in [3.05, 3.63) is 29.8 Å². The van der Waals surface area contributed by atoms with Gasteiger partial charge in [-0.3, -0.25) is 5.41 Å². The molecule has 2 aliphatic rings. The second kappa shape index (κ2) is 4.96. The highest BCUT2D eigenvalue weighted by Crippen LogP contribution is 2.38. The summed E-state index contributed by atoms with van der Waals surface area (Å²) in [5.74, 6) is 1.12. The quantitative estimate of drug-likeness (QED) is 0.912. The lowest BCUT2D eigenvalue weighted by Gasteiger charge is -2.24. The third-order valence-corrected chi connectivity index (χ3v) is 6.90. The molecule has 7 heteroatoms. The van der Waals surface area contributed by atoms with Crippen LogP contribution in [0.4, 0.5) is 0 Å². The highest BCUT2D eigenvalue weighted by Gasteiger charge is 2.48. The normalized spacial score (nSPS) is 27.6. The fraction of sp³-hybridized carbons (Fsp3) is 0.462. The first kappa shape index (κ1) is 13.8. The van der Waals surface area contributed by atoms with Gasteiger partial charge in [0.15, 0.2) is 15.0 Å².